The van der Waals surface area contributed by atoms with Crippen LogP contribution in [0.2, 0.25) is 0 Å². The number of carbonyl (C=O) groups is 1. The van der Waals surface area contributed by atoms with Crippen molar-refractivity contribution >= 4 is 11.6 Å². The number of nitrogens with one attached hydrogen (secondary N) is 1. The maximum atomic E-state index is 14.6. The van der Waals surface area contributed by atoms with E-state index in [0.29, 0.717) is 17.2 Å². The topological polar surface area (TPSA) is 73.6 Å². The van der Waals surface area contributed by atoms with E-state index in [-0.39, 0.29) is 18.2 Å². The van der Waals surface area contributed by atoms with Gasteiger partial charge in [-0.15, -0.1) is 0 Å². The summed E-state index contributed by atoms with van der Waals surface area (Å²) < 4.78 is 25.5. The van der Waals surface area contributed by atoms with E-state index in [4.69, 9.17) is 15.2 Å². The number of hydrogen-bond donors (Lipinski definition) is 2. The highest BCUT2D eigenvalue weighted by Crippen LogP contribution is 2.34. The number of hydrogen-bond acceptors (Lipinski definition) is 4. The highest BCUT2D eigenvalue weighted by Gasteiger charge is 2.19. The van der Waals surface area contributed by atoms with Gasteiger partial charge in [0.15, 0.2) is 23.1 Å². The molecule has 3 aromatic rings. The summed E-state index contributed by atoms with van der Waals surface area (Å²) in [7, 11) is 1.53. The van der Waals surface area contributed by atoms with Crippen LogP contribution in [0.4, 0.5) is 10.1 Å². The second-order valence-electron chi connectivity index (χ2n) is 6.59. The van der Waals surface area contributed by atoms with Crippen LogP contribution in [0, 0.1) is 12.7 Å². The molecule has 0 spiro atoms. The summed E-state index contributed by atoms with van der Waals surface area (Å²) in [5.74, 6) is -0.478. The van der Waals surface area contributed by atoms with Gasteiger partial charge >= 0.3 is 0 Å². The predicted octanol–water partition coefficient (Wildman–Crippen LogP) is 4.62. The zero-order valence-electron chi connectivity index (χ0n) is 16.3. The Hall–Kier alpha value is -3.38. The minimum Gasteiger partial charge on any atom is -0.493 e. The molecule has 0 bridgehead atoms. The summed E-state index contributed by atoms with van der Waals surface area (Å²) in [4.78, 5) is 12.6. The molecule has 0 heterocycles. The lowest BCUT2D eigenvalue weighted by atomic mass is 9.98. The number of methoxy groups -OCH3 is 1. The maximum absolute atomic E-state index is 14.6. The van der Waals surface area contributed by atoms with Crippen molar-refractivity contribution in [3.63, 3.8) is 0 Å². The zero-order valence-corrected chi connectivity index (χ0v) is 16.3. The molecule has 0 aliphatic rings. The number of ether oxygens (including phenoxy) is 2. The van der Waals surface area contributed by atoms with Crippen LogP contribution < -0.4 is 20.5 Å². The summed E-state index contributed by atoms with van der Waals surface area (Å²) >= 11 is 0. The first-order valence-electron chi connectivity index (χ1n) is 9.19. The summed E-state index contributed by atoms with van der Waals surface area (Å²) in [5, 5.41) is 2.71. The Morgan fingerprint density at radius 1 is 1.03 bits per heavy atom. The number of amides is 1. The Kier molecular flexibility index (Phi) is 6.46. The van der Waals surface area contributed by atoms with Crippen LogP contribution in [0.15, 0.2) is 66.7 Å². The molecule has 5 nitrogen and oxygen atoms in total. The highest BCUT2D eigenvalue weighted by atomic mass is 19.1. The fraction of sp³-hybridized carbons (Fsp3) is 0.174. The summed E-state index contributed by atoms with van der Waals surface area (Å²) in [6.07, 6.45) is 0. The number of halogens is 1. The van der Waals surface area contributed by atoms with Crippen molar-refractivity contribution in [2.45, 2.75) is 12.8 Å². The van der Waals surface area contributed by atoms with Gasteiger partial charge in [-0.1, -0.05) is 36.4 Å². The third-order valence-electron chi connectivity index (χ3n) is 4.49. The maximum Gasteiger partial charge on any atom is 0.233 e. The van der Waals surface area contributed by atoms with Gasteiger partial charge < -0.3 is 20.5 Å². The predicted molar refractivity (Wildman–Crippen MR) is 111 cm³/mol. The van der Waals surface area contributed by atoms with Gasteiger partial charge in [-0.3, -0.25) is 4.79 Å². The lowest BCUT2D eigenvalue weighted by Gasteiger charge is -2.16. The Morgan fingerprint density at radius 2 is 1.76 bits per heavy atom. The monoisotopic (exact) mass is 394 g/mol. The fourth-order valence-electron chi connectivity index (χ4n) is 2.95. The molecule has 0 aliphatic carbocycles. The molecule has 0 unspecified atom stereocenters. The molecule has 0 saturated carbocycles. The molecule has 0 aliphatic heterocycles. The van der Waals surface area contributed by atoms with Crippen LogP contribution in [0.25, 0.3) is 0 Å². The molecular weight excluding hydrogens is 371 g/mol. The quantitative estimate of drug-likeness (QED) is 0.613. The molecule has 0 radical (unpaired) electrons. The number of nitrogens with two attached hydrogens (primary N) is 1. The van der Waals surface area contributed by atoms with E-state index in [9.17, 15) is 9.18 Å². The van der Waals surface area contributed by atoms with Gasteiger partial charge in [0.1, 0.15) is 0 Å². The van der Waals surface area contributed by atoms with E-state index in [1.54, 1.807) is 18.2 Å². The molecule has 1 atom stereocenters. The van der Waals surface area contributed by atoms with Crippen LogP contribution in [-0.2, 0) is 4.79 Å². The second kappa shape index (κ2) is 9.21. The Balaban J connectivity index is 1.75. The van der Waals surface area contributed by atoms with Crippen molar-refractivity contribution in [3.05, 3.63) is 83.7 Å². The van der Waals surface area contributed by atoms with Gasteiger partial charge in [0.25, 0.3) is 0 Å². The van der Waals surface area contributed by atoms with Crippen molar-refractivity contribution in [2.24, 2.45) is 5.73 Å². The van der Waals surface area contributed by atoms with Crippen LogP contribution >= 0.6 is 0 Å². The first-order chi connectivity index (χ1) is 14.0. The third kappa shape index (κ3) is 4.92. The van der Waals surface area contributed by atoms with Gasteiger partial charge in [-0.05, 0) is 42.3 Å². The molecule has 1 amide bonds. The zero-order chi connectivity index (χ0) is 20.8. The Bertz CT molecular complexity index is 993. The van der Waals surface area contributed by atoms with E-state index >= 15 is 0 Å². The van der Waals surface area contributed by atoms with Crippen molar-refractivity contribution in [1.29, 1.82) is 0 Å². The second-order valence-corrected chi connectivity index (χ2v) is 6.59. The molecule has 3 aromatic carbocycles. The van der Waals surface area contributed by atoms with Crippen LogP contribution in [0.5, 0.6) is 17.2 Å². The minimum absolute atomic E-state index is 0.0311. The van der Waals surface area contributed by atoms with Crippen LogP contribution in [0.1, 0.15) is 17.0 Å². The largest absolute Gasteiger partial charge is 0.493 e. The number of rotatable bonds is 7. The van der Waals surface area contributed by atoms with E-state index in [2.05, 4.69) is 5.32 Å². The van der Waals surface area contributed by atoms with Gasteiger partial charge in [-0.25, -0.2) is 4.39 Å². The summed E-state index contributed by atoms with van der Waals surface area (Å²) in [6.45, 7) is 2.07. The van der Waals surface area contributed by atoms with E-state index in [1.165, 1.54) is 19.2 Å². The van der Waals surface area contributed by atoms with Crippen molar-refractivity contribution < 1.29 is 18.7 Å². The number of carbonyl (C=O) groups excluding carboxylic acids is 1. The Morgan fingerprint density at radius 3 is 2.41 bits per heavy atom. The van der Waals surface area contributed by atoms with Gasteiger partial charge in [-0.2, -0.15) is 0 Å². The first-order valence-corrected chi connectivity index (χ1v) is 9.19. The van der Waals surface area contributed by atoms with Crippen molar-refractivity contribution in [1.82, 2.24) is 0 Å². The lowest BCUT2D eigenvalue weighted by molar-refractivity contribution is -0.117. The number of benzene rings is 3. The van der Waals surface area contributed by atoms with Crippen molar-refractivity contribution in [3.8, 4) is 17.2 Å². The van der Waals surface area contributed by atoms with Crippen molar-refractivity contribution in [2.75, 3.05) is 19.0 Å². The van der Waals surface area contributed by atoms with Gasteiger partial charge in [0.05, 0.1) is 13.0 Å². The average Bonchev–Trinajstić information content (AvgIpc) is 2.72. The first kappa shape index (κ1) is 20.4. The van der Waals surface area contributed by atoms with Crippen LogP contribution in [0.3, 0.4) is 0 Å². The number of aryl methyl sites for hydroxylation is 1. The molecule has 0 saturated heterocycles. The van der Waals surface area contributed by atoms with Gasteiger partial charge in [0.2, 0.25) is 5.91 Å². The smallest absolute Gasteiger partial charge is 0.233 e. The van der Waals surface area contributed by atoms with E-state index in [0.717, 1.165) is 11.1 Å². The van der Waals surface area contributed by atoms with Crippen LogP contribution in [-0.4, -0.2) is 19.6 Å². The fourth-order valence-corrected chi connectivity index (χ4v) is 2.95. The summed E-state index contributed by atoms with van der Waals surface area (Å²) in [5.41, 5.74) is 7.90. The molecule has 150 valence electrons. The normalized spacial score (nSPS) is 11.6. The molecule has 0 fully saturated rings. The summed E-state index contributed by atoms with van der Waals surface area (Å²) in [6, 6.07) is 18.9. The van der Waals surface area contributed by atoms with E-state index < -0.39 is 11.7 Å². The van der Waals surface area contributed by atoms with E-state index in [1.807, 2.05) is 43.3 Å². The lowest BCUT2D eigenvalue weighted by Crippen LogP contribution is -2.27. The molecule has 3 N–H and O–H groups in total. The molecule has 0 aromatic heterocycles. The Labute approximate surface area is 169 Å². The molecule has 3 rings (SSSR count). The molecular formula is C23H23FN2O3. The SMILES string of the molecule is COc1cc(C)ccc1Oc1ccc(NC(=O)[C@H](CN)c2ccccc2)cc1F. The standard InChI is InChI=1S/C23H23FN2O3/c1-15-8-10-21(22(12-15)28-2)29-20-11-9-17(13-19(20)24)26-23(27)18(14-25)16-6-4-3-5-7-16/h3-13,18H,14,25H2,1-2H3,(H,26,27)/t18-/m1/s1. The molecule has 6 heteroatoms. The molecule has 29 heavy (non-hydrogen) atoms. The number of anilines is 1. The average molecular weight is 394 g/mol. The van der Waals surface area contributed by atoms with Gasteiger partial charge in [0, 0.05) is 18.3 Å². The minimum atomic E-state index is -0.602. The third-order valence-corrected chi connectivity index (χ3v) is 4.49. The highest BCUT2D eigenvalue weighted by molar-refractivity contribution is 5.96.